The molecule has 1 fully saturated rings. The van der Waals surface area contributed by atoms with Crippen molar-refractivity contribution in [1.29, 1.82) is 0 Å². The summed E-state index contributed by atoms with van der Waals surface area (Å²) in [5, 5.41) is 14.4. The average Bonchev–Trinajstić information content (AvgIpc) is 3.08. The lowest BCUT2D eigenvalue weighted by Crippen LogP contribution is -2.27. The van der Waals surface area contributed by atoms with Crippen LogP contribution in [0.15, 0.2) is 30.6 Å². The summed E-state index contributed by atoms with van der Waals surface area (Å²) in [5.41, 5.74) is 1.37. The first-order valence-electron chi connectivity index (χ1n) is 7.84. The van der Waals surface area contributed by atoms with Crippen molar-refractivity contribution in [1.82, 2.24) is 14.7 Å². The van der Waals surface area contributed by atoms with Crippen LogP contribution in [-0.2, 0) is 13.5 Å². The minimum Gasteiger partial charge on any atom is -0.387 e. The Kier molecular flexibility index (Phi) is 4.73. The van der Waals surface area contributed by atoms with Crippen molar-refractivity contribution in [3.63, 3.8) is 0 Å². The molecule has 2 unspecified atom stereocenters. The Bertz CT molecular complexity index is 674. The van der Waals surface area contributed by atoms with Crippen LogP contribution in [0.2, 0.25) is 0 Å². The fourth-order valence-electron chi connectivity index (χ4n) is 3.27. The standard InChI is InChI=1S/C17H21F2N3O/c1-21-9-13(8-20-21)6-12-4-5-22(10-12)11-17(23)15-3-2-14(18)7-16(15)19/h2-3,7-9,12,17,23H,4-6,10-11H2,1H3. The van der Waals surface area contributed by atoms with Crippen LogP contribution in [0.4, 0.5) is 8.78 Å². The second kappa shape index (κ2) is 6.76. The summed E-state index contributed by atoms with van der Waals surface area (Å²) >= 11 is 0. The highest BCUT2D eigenvalue weighted by Gasteiger charge is 2.26. The van der Waals surface area contributed by atoms with Gasteiger partial charge in [0.15, 0.2) is 0 Å². The number of nitrogens with zero attached hydrogens (tertiary/aromatic N) is 3. The van der Waals surface area contributed by atoms with Gasteiger partial charge in [-0.15, -0.1) is 0 Å². The van der Waals surface area contributed by atoms with Crippen LogP contribution in [0, 0.1) is 17.6 Å². The molecule has 1 aromatic carbocycles. The molecule has 1 aromatic heterocycles. The lowest BCUT2D eigenvalue weighted by atomic mass is 10.0. The number of β-amino-alcohol motifs (C(OH)–C–C–N with tert-alkyl or cyclic N) is 1. The monoisotopic (exact) mass is 321 g/mol. The van der Waals surface area contributed by atoms with Crippen molar-refractivity contribution in [2.75, 3.05) is 19.6 Å². The molecule has 1 aliphatic heterocycles. The van der Waals surface area contributed by atoms with Gasteiger partial charge in [-0.05, 0) is 36.9 Å². The first-order valence-corrected chi connectivity index (χ1v) is 7.84. The van der Waals surface area contributed by atoms with E-state index >= 15 is 0 Å². The summed E-state index contributed by atoms with van der Waals surface area (Å²) in [6, 6.07) is 3.31. The van der Waals surface area contributed by atoms with E-state index in [9.17, 15) is 13.9 Å². The van der Waals surface area contributed by atoms with Gasteiger partial charge in [0.1, 0.15) is 11.6 Å². The summed E-state index contributed by atoms with van der Waals surface area (Å²) in [5.74, 6) is -0.802. The Morgan fingerprint density at radius 1 is 1.39 bits per heavy atom. The fourth-order valence-corrected chi connectivity index (χ4v) is 3.27. The second-order valence-electron chi connectivity index (χ2n) is 6.32. The Morgan fingerprint density at radius 2 is 2.22 bits per heavy atom. The maximum Gasteiger partial charge on any atom is 0.131 e. The van der Waals surface area contributed by atoms with Crippen molar-refractivity contribution in [2.24, 2.45) is 13.0 Å². The predicted molar refractivity (Wildman–Crippen MR) is 82.8 cm³/mol. The Labute approximate surface area is 134 Å². The molecule has 2 heterocycles. The average molecular weight is 321 g/mol. The molecule has 4 nitrogen and oxygen atoms in total. The summed E-state index contributed by atoms with van der Waals surface area (Å²) in [4.78, 5) is 2.13. The van der Waals surface area contributed by atoms with Crippen LogP contribution in [0.25, 0.3) is 0 Å². The van der Waals surface area contributed by atoms with Crippen LogP contribution in [-0.4, -0.2) is 39.4 Å². The molecule has 0 amide bonds. The summed E-state index contributed by atoms with van der Waals surface area (Å²) in [7, 11) is 1.90. The highest BCUT2D eigenvalue weighted by atomic mass is 19.1. The lowest BCUT2D eigenvalue weighted by molar-refractivity contribution is 0.120. The minimum atomic E-state index is -0.937. The van der Waals surface area contributed by atoms with Gasteiger partial charge in [-0.2, -0.15) is 5.10 Å². The van der Waals surface area contributed by atoms with E-state index in [-0.39, 0.29) is 5.56 Å². The molecule has 0 spiro atoms. The Balaban J connectivity index is 1.55. The van der Waals surface area contributed by atoms with Gasteiger partial charge in [0.25, 0.3) is 0 Å². The van der Waals surface area contributed by atoms with Gasteiger partial charge in [0, 0.05) is 38.0 Å². The van der Waals surface area contributed by atoms with Crippen molar-refractivity contribution in [3.8, 4) is 0 Å². The van der Waals surface area contributed by atoms with Gasteiger partial charge in [-0.3, -0.25) is 4.68 Å². The Morgan fingerprint density at radius 3 is 2.91 bits per heavy atom. The quantitative estimate of drug-likeness (QED) is 0.919. The molecule has 0 saturated carbocycles. The summed E-state index contributed by atoms with van der Waals surface area (Å²) in [6.45, 7) is 2.12. The smallest absolute Gasteiger partial charge is 0.131 e. The number of aliphatic hydroxyl groups excluding tert-OH is 1. The van der Waals surface area contributed by atoms with E-state index in [1.54, 1.807) is 4.68 Å². The van der Waals surface area contributed by atoms with Gasteiger partial charge in [0.2, 0.25) is 0 Å². The highest BCUT2D eigenvalue weighted by Crippen LogP contribution is 2.24. The predicted octanol–water partition coefficient (Wildman–Crippen LogP) is 2.30. The molecule has 2 aromatic rings. The molecule has 1 aliphatic rings. The molecule has 23 heavy (non-hydrogen) atoms. The zero-order chi connectivity index (χ0) is 16.4. The van der Waals surface area contributed by atoms with Gasteiger partial charge < -0.3 is 10.0 Å². The molecule has 124 valence electrons. The minimum absolute atomic E-state index is 0.155. The van der Waals surface area contributed by atoms with Gasteiger partial charge in [0.05, 0.1) is 12.3 Å². The van der Waals surface area contributed by atoms with Gasteiger partial charge >= 0.3 is 0 Å². The maximum atomic E-state index is 13.7. The Hall–Kier alpha value is -1.79. The van der Waals surface area contributed by atoms with Crippen LogP contribution in [0.3, 0.4) is 0 Å². The molecule has 1 N–H and O–H groups in total. The number of aryl methyl sites for hydroxylation is 1. The summed E-state index contributed by atoms with van der Waals surface area (Å²) < 4.78 is 28.4. The number of benzene rings is 1. The third-order valence-electron chi connectivity index (χ3n) is 4.41. The topological polar surface area (TPSA) is 41.3 Å². The van der Waals surface area contributed by atoms with Crippen molar-refractivity contribution in [2.45, 2.75) is 18.9 Å². The normalized spacial score (nSPS) is 20.1. The molecule has 0 radical (unpaired) electrons. The van der Waals surface area contributed by atoms with Crippen molar-refractivity contribution < 1.29 is 13.9 Å². The maximum absolute atomic E-state index is 13.7. The molecule has 2 atom stereocenters. The third-order valence-corrected chi connectivity index (χ3v) is 4.41. The number of hydrogen-bond donors (Lipinski definition) is 1. The number of rotatable bonds is 5. The molecular formula is C17H21F2N3O. The van der Waals surface area contributed by atoms with E-state index in [2.05, 4.69) is 10.00 Å². The zero-order valence-corrected chi connectivity index (χ0v) is 13.1. The molecule has 0 bridgehead atoms. The third kappa shape index (κ3) is 3.95. The van der Waals surface area contributed by atoms with Crippen LogP contribution >= 0.6 is 0 Å². The van der Waals surface area contributed by atoms with E-state index in [0.717, 1.165) is 32.0 Å². The summed E-state index contributed by atoms with van der Waals surface area (Å²) in [6.07, 6.45) is 4.98. The van der Waals surface area contributed by atoms with E-state index in [4.69, 9.17) is 0 Å². The number of hydrogen-bond acceptors (Lipinski definition) is 3. The molecule has 1 saturated heterocycles. The number of aromatic nitrogens is 2. The molecule has 6 heteroatoms. The largest absolute Gasteiger partial charge is 0.387 e. The van der Waals surface area contributed by atoms with Gasteiger partial charge in [-0.1, -0.05) is 6.07 Å². The van der Waals surface area contributed by atoms with Crippen LogP contribution < -0.4 is 0 Å². The van der Waals surface area contributed by atoms with E-state index in [1.807, 2.05) is 19.4 Å². The first kappa shape index (κ1) is 16.1. The van der Waals surface area contributed by atoms with E-state index in [0.29, 0.717) is 12.5 Å². The zero-order valence-electron chi connectivity index (χ0n) is 13.1. The van der Waals surface area contributed by atoms with Gasteiger partial charge in [-0.25, -0.2) is 8.78 Å². The number of likely N-dealkylation sites (tertiary alicyclic amines) is 1. The SMILES string of the molecule is Cn1cc(CC2CCN(CC(O)c3ccc(F)cc3F)C2)cn1. The van der Waals surface area contributed by atoms with E-state index < -0.39 is 17.7 Å². The van der Waals surface area contributed by atoms with Crippen LogP contribution in [0.1, 0.15) is 23.7 Å². The lowest BCUT2D eigenvalue weighted by Gasteiger charge is -2.20. The molecule has 0 aliphatic carbocycles. The number of halogens is 2. The van der Waals surface area contributed by atoms with E-state index in [1.165, 1.54) is 17.7 Å². The first-order chi connectivity index (χ1) is 11.0. The molecule has 3 rings (SSSR count). The van der Waals surface area contributed by atoms with Crippen molar-refractivity contribution in [3.05, 3.63) is 53.4 Å². The molecular weight excluding hydrogens is 300 g/mol. The van der Waals surface area contributed by atoms with Crippen molar-refractivity contribution >= 4 is 0 Å². The fraction of sp³-hybridized carbons (Fsp3) is 0.471. The van der Waals surface area contributed by atoms with Crippen LogP contribution in [0.5, 0.6) is 0 Å². The number of aliphatic hydroxyl groups is 1. The highest BCUT2D eigenvalue weighted by molar-refractivity contribution is 5.21. The second-order valence-corrected chi connectivity index (χ2v) is 6.32.